The zero-order chi connectivity index (χ0) is 71.1. The summed E-state index contributed by atoms with van der Waals surface area (Å²) in [6, 6.07) is 0. The van der Waals surface area contributed by atoms with Crippen molar-refractivity contribution in [2.24, 2.45) is 0 Å². The number of nitrogens with zero attached hydrogens (tertiary/aromatic N) is 1. The molecule has 9 heteroatoms. The Hall–Kier alpha value is -2.49. The van der Waals surface area contributed by atoms with Gasteiger partial charge >= 0.3 is 11.9 Å². The van der Waals surface area contributed by atoms with Gasteiger partial charge in [-0.05, 0) is 51.4 Å². The van der Waals surface area contributed by atoms with Gasteiger partial charge in [0.15, 0.2) is 12.4 Å². The smallest absolute Gasteiger partial charge is 0.306 e. The number of hydrogen-bond donors (Lipinski definition) is 0. The van der Waals surface area contributed by atoms with E-state index in [1.54, 1.807) is 0 Å². The molecule has 98 heavy (non-hydrogen) atoms. The summed E-state index contributed by atoms with van der Waals surface area (Å²) in [7, 11) is 5.96. The van der Waals surface area contributed by atoms with Gasteiger partial charge in [0, 0.05) is 12.8 Å². The number of aliphatic carboxylic acids is 1. The molecule has 0 bridgehead atoms. The van der Waals surface area contributed by atoms with E-state index < -0.39 is 24.3 Å². The number of hydrogen-bond acceptors (Lipinski definition) is 8. The van der Waals surface area contributed by atoms with E-state index in [9.17, 15) is 19.5 Å². The molecule has 2 atom stereocenters. The Balaban J connectivity index is 3.91. The number of ether oxygens (including phenoxy) is 4. The number of unbranched alkanes of at least 4 members (excludes halogenated alkanes) is 62. The van der Waals surface area contributed by atoms with Gasteiger partial charge in [0.2, 0.25) is 0 Å². The molecule has 0 amide bonds. The Kier molecular flexibility index (Phi) is 78.2. The van der Waals surface area contributed by atoms with Crippen LogP contribution in [0, 0.1) is 0 Å². The molecular formula is C89H169NO8. The van der Waals surface area contributed by atoms with Crippen LogP contribution in [0.3, 0.4) is 0 Å². The topological polar surface area (TPSA) is 111 Å². The third-order valence-corrected chi connectivity index (χ3v) is 20.1. The molecule has 0 aliphatic rings. The number of carboxylic acids is 1. The molecule has 0 rings (SSSR count). The molecule has 0 aromatic heterocycles. The Morgan fingerprint density at radius 2 is 0.551 bits per heavy atom. The highest BCUT2D eigenvalue weighted by molar-refractivity contribution is 5.70. The van der Waals surface area contributed by atoms with Crippen LogP contribution in [0.2, 0.25) is 0 Å². The van der Waals surface area contributed by atoms with Crippen molar-refractivity contribution < 1.29 is 42.9 Å². The highest BCUT2D eigenvalue weighted by atomic mass is 16.7. The highest BCUT2D eigenvalue weighted by Crippen LogP contribution is 2.21. The van der Waals surface area contributed by atoms with Gasteiger partial charge in [0.25, 0.3) is 0 Å². The van der Waals surface area contributed by atoms with Crippen LogP contribution in [0.15, 0.2) is 36.5 Å². The molecule has 0 aliphatic carbocycles. The van der Waals surface area contributed by atoms with E-state index in [0.717, 1.165) is 51.4 Å². The summed E-state index contributed by atoms with van der Waals surface area (Å²) in [5, 5.41) is 11.9. The largest absolute Gasteiger partial charge is 0.545 e. The van der Waals surface area contributed by atoms with Crippen molar-refractivity contribution in [3.63, 3.8) is 0 Å². The first-order valence-corrected chi connectivity index (χ1v) is 43.6. The highest BCUT2D eigenvalue weighted by Gasteiger charge is 2.22. The maximum Gasteiger partial charge on any atom is 0.306 e. The number of rotatable bonds is 83. The second-order valence-electron chi connectivity index (χ2n) is 31.2. The van der Waals surface area contributed by atoms with Crippen molar-refractivity contribution in [3.05, 3.63) is 36.5 Å². The van der Waals surface area contributed by atoms with Gasteiger partial charge in [-0.1, -0.05) is 429 Å². The van der Waals surface area contributed by atoms with E-state index in [0.29, 0.717) is 17.4 Å². The van der Waals surface area contributed by atoms with Crippen LogP contribution < -0.4 is 5.11 Å². The Bertz CT molecular complexity index is 1710. The average molecular weight is 1380 g/mol. The first-order chi connectivity index (χ1) is 48.1. The van der Waals surface area contributed by atoms with Gasteiger partial charge in [0.1, 0.15) is 13.2 Å². The summed E-state index contributed by atoms with van der Waals surface area (Å²) in [5.74, 6) is -2.24. The Labute approximate surface area is 610 Å². The van der Waals surface area contributed by atoms with Crippen molar-refractivity contribution in [2.45, 2.75) is 469 Å². The molecule has 0 N–H and O–H groups in total. The molecular weight excluding hydrogens is 1210 g/mol. The lowest BCUT2D eigenvalue weighted by Crippen LogP contribution is -2.44. The quantitative estimate of drug-likeness (QED) is 0.0195. The van der Waals surface area contributed by atoms with Gasteiger partial charge in [-0.25, -0.2) is 0 Å². The molecule has 0 radical (unpaired) electrons. The maximum atomic E-state index is 13.0. The van der Waals surface area contributed by atoms with Crippen LogP contribution in [0.5, 0.6) is 0 Å². The Morgan fingerprint density at radius 3 is 0.816 bits per heavy atom. The summed E-state index contributed by atoms with van der Waals surface area (Å²) in [4.78, 5) is 37.7. The van der Waals surface area contributed by atoms with Crippen molar-refractivity contribution >= 4 is 17.9 Å². The molecule has 0 aromatic rings. The summed E-state index contributed by atoms with van der Waals surface area (Å²) >= 11 is 0. The molecule has 0 saturated carbocycles. The maximum absolute atomic E-state index is 13.0. The van der Waals surface area contributed by atoms with Gasteiger partial charge in [-0.3, -0.25) is 9.59 Å². The third-order valence-electron chi connectivity index (χ3n) is 20.1. The molecule has 2 unspecified atom stereocenters. The van der Waals surface area contributed by atoms with E-state index in [-0.39, 0.29) is 32.2 Å². The fourth-order valence-electron chi connectivity index (χ4n) is 13.5. The van der Waals surface area contributed by atoms with Crippen LogP contribution in [-0.2, 0) is 33.3 Å². The number of carbonyl (C=O) groups excluding carboxylic acids is 3. The minimum absolute atomic E-state index is 0.152. The fraction of sp³-hybridized carbons (Fsp3) is 0.899. The van der Waals surface area contributed by atoms with Gasteiger partial charge in [0.05, 0.1) is 40.3 Å². The standard InChI is InChI=1S/C89H169NO8/c1-6-8-10-12-14-16-18-20-22-24-26-28-30-32-34-36-38-40-42-43-44-45-46-48-50-52-54-56-58-60-62-64-66-68-70-72-74-76-78-80-87(92)98-85(84-97-89(88(93)94)95-82-81-90(3,4)5)83-96-86(91)79-77-75-73-71-69-67-65-63-61-59-57-55-53-51-49-47-41-39-37-35-33-31-29-27-25-23-21-19-17-15-13-11-9-7-2/h18,20,24,26,30,32,85,89H,6-17,19,21-23,25,27-29,31,33-84H2,1-5H3/b20-18-,26-24-,32-30-. The third kappa shape index (κ3) is 80.8. The number of carbonyl (C=O) groups is 3. The fourth-order valence-corrected chi connectivity index (χ4v) is 13.5. The van der Waals surface area contributed by atoms with Crippen molar-refractivity contribution in [2.75, 3.05) is 47.5 Å². The van der Waals surface area contributed by atoms with E-state index in [2.05, 4.69) is 50.3 Å². The number of esters is 2. The molecule has 0 heterocycles. The van der Waals surface area contributed by atoms with Crippen LogP contribution in [0.1, 0.15) is 457 Å². The molecule has 9 nitrogen and oxygen atoms in total. The average Bonchev–Trinajstić information content (AvgIpc) is 1.38. The number of quaternary nitrogens is 1. The lowest BCUT2D eigenvalue weighted by Gasteiger charge is -2.26. The summed E-state index contributed by atoms with van der Waals surface area (Å²) in [5.41, 5.74) is 0. The number of carboxylic acid groups (broad SMARTS) is 1. The van der Waals surface area contributed by atoms with E-state index in [4.69, 9.17) is 18.9 Å². The molecule has 0 saturated heterocycles. The van der Waals surface area contributed by atoms with Crippen LogP contribution >= 0.6 is 0 Å². The zero-order valence-electron chi connectivity index (χ0n) is 66.5. The number of likely N-dealkylation sites (N-methyl/N-ethyl adjacent to an activating group) is 1. The number of allylic oxidation sites excluding steroid dienone is 6. The molecule has 0 aliphatic heterocycles. The SMILES string of the molecule is CCCCCCC/C=C\C/C=C\C/C=C\CCCCCCCCCCCCCCCCCCCCCCCCCCC(=O)OC(COC(=O)CCCCCCCCCCCCCCCCCCCCCCCCCCCCCCCCCCCC)COC(OCC[N+](C)(C)C)C(=O)[O-]. The monoisotopic (exact) mass is 1380 g/mol. The minimum atomic E-state index is -1.62. The second kappa shape index (κ2) is 80.2. The van der Waals surface area contributed by atoms with Crippen molar-refractivity contribution in [1.82, 2.24) is 0 Å². The van der Waals surface area contributed by atoms with Crippen LogP contribution in [0.4, 0.5) is 0 Å². The second-order valence-corrected chi connectivity index (χ2v) is 31.2. The Morgan fingerprint density at radius 1 is 0.306 bits per heavy atom. The lowest BCUT2D eigenvalue weighted by molar-refractivity contribution is -0.870. The van der Waals surface area contributed by atoms with Gasteiger partial charge in [-0.15, -0.1) is 0 Å². The minimum Gasteiger partial charge on any atom is -0.545 e. The van der Waals surface area contributed by atoms with Crippen LogP contribution in [0.25, 0.3) is 0 Å². The predicted octanol–water partition coefficient (Wildman–Crippen LogP) is 26.9. The first-order valence-electron chi connectivity index (χ1n) is 43.6. The first kappa shape index (κ1) is 95.5. The van der Waals surface area contributed by atoms with Crippen molar-refractivity contribution in [3.8, 4) is 0 Å². The zero-order valence-corrected chi connectivity index (χ0v) is 66.5. The summed E-state index contributed by atoms with van der Waals surface area (Å²) in [6.07, 6.45) is 102. The molecule has 0 aromatic carbocycles. The normalized spacial score (nSPS) is 12.7. The van der Waals surface area contributed by atoms with E-state index >= 15 is 0 Å². The van der Waals surface area contributed by atoms with E-state index in [1.165, 1.54) is 379 Å². The van der Waals surface area contributed by atoms with Crippen molar-refractivity contribution in [1.29, 1.82) is 0 Å². The predicted molar refractivity (Wildman–Crippen MR) is 422 cm³/mol. The molecule has 578 valence electrons. The molecule has 0 spiro atoms. The van der Waals surface area contributed by atoms with Gasteiger partial charge in [-0.2, -0.15) is 0 Å². The van der Waals surface area contributed by atoms with Gasteiger partial charge < -0.3 is 33.3 Å². The molecule has 0 fully saturated rings. The summed E-state index contributed by atoms with van der Waals surface area (Å²) < 4.78 is 22.9. The van der Waals surface area contributed by atoms with Crippen LogP contribution in [-0.4, -0.2) is 82.3 Å². The summed E-state index contributed by atoms with van der Waals surface area (Å²) in [6.45, 7) is 4.83. The lowest BCUT2D eigenvalue weighted by atomic mass is 10.0. The van der Waals surface area contributed by atoms with E-state index in [1.807, 2.05) is 21.1 Å².